The maximum absolute atomic E-state index is 2.40. The molecule has 3 rings (SSSR count). The molecule has 0 aliphatic heterocycles. The quantitative estimate of drug-likeness (QED) is 0.500. The van der Waals surface area contributed by atoms with Gasteiger partial charge in [0.15, 0.2) is 0 Å². The van der Waals surface area contributed by atoms with E-state index in [9.17, 15) is 0 Å². The lowest BCUT2D eigenvalue weighted by atomic mass is 9.62. The Morgan fingerprint density at radius 3 is 2.24 bits per heavy atom. The summed E-state index contributed by atoms with van der Waals surface area (Å²) in [5.41, 5.74) is 1.90. The normalized spacial score (nSPS) is 13.2. The van der Waals surface area contributed by atoms with Gasteiger partial charge < -0.3 is 0 Å². The van der Waals surface area contributed by atoms with Gasteiger partial charge in [-0.2, -0.15) is 0 Å². The zero-order valence-electron chi connectivity index (χ0n) is 13.7. The predicted molar refractivity (Wildman–Crippen MR) is 96.4 cm³/mol. The van der Waals surface area contributed by atoms with Crippen LogP contribution in [0.4, 0.5) is 0 Å². The summed E-state index contributed by atoms with van der Waals surface area (Å²) in [5, 5.41) is 2.87. The Morgan fingerprint density at radius 2 is 1.52 bits per heavy atom. The number of rotatable bonds is 3. The second kappa shape index (κ2) is 4.84. The van der Waals surface area contributed by atoms with Gasteiger partial charge in [0.25, 0.3) is 0 Å². The fourth-order valence-electron chi connectivity index (χ4n) is 3.10. The molecule has 0 aliphatic rings. The summed E-state index contributed by atoms with van der Waals surface area (Å²) in [6.45, 7) is 11.9. The van der Waals surface area contributed by atoms with Gasteiger partial charge in [-0.3, -0.25) is 0 Å². The fraction of sp³-hybridized carbons (Fsp3) is 0.400. The van der Waals surface area contributed by atoms with Crippen molar-refractivity contribution in [2.24, 2.45) is 5.41 Å². The standard InChI is InChI=1S/C20H24S/c1-6-19(2,3)20(4,5)15-11-9-13-17-18(15)14-10-7-8-12-16(14)21-17/h7-13H,6H2,1-5H3. The summed E-state index contributed by atoms with van der Waals surface area (Å²) in [5.74, 6) is 0. The Balaban J connectivity index is 2.38. The van der Waals surface area contributed by atoms with E-state index in [1.807, 2.05) is 11.3 Å². The Labute approximate surface area is 131 Å². The van der Waals surface area contributed by atoms with Crippen molar-refractivity contribution in [2.45, 2.75) is 46.5 Å². The van der Waals surface area contributed by atoms with Crippen molar-refractivity contribution in [1.29, 1.82) is 0 Å². The van der Waals surface area contributed by atoms with E-state index in [1.165, 1.54) is 32.2 Å². The molecule has 0 nitrogen and oxygen atoms in total. The highest BCUT2D eigenvalue weighted by molar-refractivity contribution is 7.25. The molecule has 2 aromatic carbocycles. The van der Waals surface area contributed by atoms with Crippen molar-refractivity contribution in [3.63, 3.8) is 0 Å². The minimum Gasteiger partial charge on any atom is -0.135 e. The molecule has 0 unspecified atom stereocenters. The third-order valence-corrected chi connectivity index (χ3v) is 6.79. The summed E-state index contributed by atoms with van der Waals surface area (Å²) in [6, 6.07) is 15.6. The lowest BCUT2D eigenvalue weighted by Crippen LogP contribution is -2.36. The molecule has 0 fully saturated rings. The number of hydrogen-bond acceptors (Lipinski definition) is 1. The lowest BCUT2D eigenvalue weighted by Gasteiger charge is -2.42. The minimum absolute atomic E-state index is 0.144. The zero-order valence-corrected chi connectivity index (χ0v) is 14.5. The van der Waals surface area contributed by atoms with Crippen molar-refractivity contribution < 1.29 is 0 Å². The first kappa shape index (κ1) is 14.6. The van der Waals surface area contributed by atoms with Gasteiger partial charge in [0, 0.05) is 20.2 Å². The van der Waals surface area contributed by atoms with E-state index in [1.54, 1.807) is 0 Å². The van der Waals surface area contributed by atoms with Gasteiger partial charge in [0.2, 0.25) is 0 Å². The molecule has 0 aliphatic carbocycles. The van der Waals surface area contributed by atoms with Crippen molar-refractivity contribution in [2.75, 3.05) is 0 Å². The molecule has 0 saturated heterocycles. The third-order valence-electron chi connectivity index (χ3n) is 5.65. The summed E-state index contributed by atoms with van der Waals surface area (Å²) < 4.78 is 2.80. The largest absolute Gasteiger partial charge is 0.135 e. The SMILES string of the molecule is CCC(C)(C)C(C)(C)c1cccc2sc3ccccc3c12. The molecule has 1 heteroatoms. The highest BCUT2D eigenvalue weighted by Crippen LogP contribution is 2.48. The first-order valence-corrected chi connectivity index (χ1v) is 8.61. The van der Waals surface area contributed by atoms with Crippen LogP contribution in [-0.2, 0) is 5.41 Å². The highest BCUT2D eigenvalue weighted by Gasteiger charge is 2.38. The van der Waals surface area contributed by atoms with Crippen molar-refractivity contribution in [3.8, 4) is 0 Å². The van der Waals surface area contributed by atoms with Gasteiger partial charge in [-0.25, -0.2) is 0 Å². The van der Waals surface area contributed by atoms with Gasteiger partial charge >= 0.3 is 0 Å². The van der Waals surface area contributed by atoms with E-state index >= 15 is 0 Å². The maximum Gasteiger partial charge on any atom is 0.0358 e. The monoisotopic (exact) mass is 296 g/mol. The van der Waals surface area contributed by atoms with Gasteiger partial charge in [-0.05, 0) is 28.5 Å². The molecule has 3 aromatic rings. The molecular formula is C20H24S. The first-order chi connectivity index (χ1) is 9.88. The second-order valence-electron chi connectivity index (χ2n) is 7.14. The molecule has 0 atom stereocenters. The molecule has 0 bridgehead atoms. The highest BCUT2D eigenvalue weighted by atomic mass is 32.1. The number of thiophene rings is 1. The molecule has 110 valence electrons. The lowest BCUT2D eigenvalue weighted by molar-refractivity contribution is 0.191. The van der Waals surface area contributed by atoms with E-state index in [0.717, 1.165) is 0 Å². The van der Waals surface area contributed by atoms with E-state index in [-0.39, 0.29) is 10.8 Å². The second-order valence-corrected chi connectivity index (χ2v) is 8.22. The molecule has 0 spiro atoms. The summed E-state index contributed by atoms with van der Waals surface area (Å²) >= 11 is 1.91. The first-order valence-electron chi connectivity index (χ1n) is 7.79. The molecule has 0 radical (unpaired) electrons. The van der Waals surface area contributed by atoms with Crippen LogP contribution in [0.2, 0.25) is 0 Å². The van der Waals surface area contributed by atoms with Crippen LogP contribution >= 0.6 is 11.3 Å². The van der Waals surface area contributed by atoms with Crippen LogP contribution in [0.3, 0.4) is 0 Å². The van der Waals surface area contributed by atoms with Crippen molar-refractivity contribution in [3.05, 3.63) is 48.0 Å². The van der Waals surface area contributed by atoms with Gasteiger partial charge in [0.05, 0.1) is 0 Å². The van der Waals surface area contributed by atoms with E-state index in [2.05, 4.69) is 77.1 Å². The Bertz CT molecular complexity index is 790. The molecule has 1 heterocycles. The number of fused-ring (bicyclic) bond motifs is 3. The molecule has 1 aromatic heterocycles. The van der Waals surface area contributed by atoms with Gasteiger partial charge in [-0.1, -0.05) is 71.4 Å². The van der Waals surface area contributed by atoms with Crippen LogP contribution in [0, 0.1) is 5.41 Å². The Morgan fingerprint density at radius 1 is 0.857 bits per heavy atom. The van der Waals surface area contributed by atoms with Crippen LogP contribution in [0.15, 0.2) is 42.5 Å². The molecule has 0 N–H and O–H groups in total. The van der Waals surface area contributed by atoms with E-state index in [0.29, 0.717) is 0 Å². The zero-order chi connectivity index (χ0) is 15.3. The average molecular weight is 296 g/mol. The smallest absolute Gasteiger partial charge is 0.0358 e. The van der Waals surface area contributed by atoms with E-state index in [4.69, 9.17) is 0 Å². The third kappa shape index (κ3) is 2.10. The van der Waals surface area contributed by atoms with Crippen LogP contribution in [0.5, 0.6) is 0 Å². The fourth-order valence-corrected chi connectivity index (χ4v) is 4.23. The summed E-state index contributed by atoms with van der Waals surface area (Å²) in [6.07, 6.45) is 1.18. The molecule has 0 amide bonds. The number of benzene rings is 2. The summed E-state index contributed by atoms with van der Waals surface area (Å²) in [4.78, 5) is 0. The van der Waals surface area contributed by atoms with Crippen molar-refractivity contribution >= 4 is 31.5 Å². The van der Waals surface area contributed by atoms with Crippen LogP contribution in [0.25, 0.3) is 20.2 Å². The maximum atomic E-state index is 2.40. The van der Waals surface area contributed by atoms with Gasteiger partial charge in [-0.15, -0.1) is 11.3 Å². The van der Waals surface area contributed by atoms with Crippen LogP contribution in [-0.4, -0.2) is 0 Å². The van der Waals surface area contributed by atoms with E-state index < -0.39 is 0 Å². The van der Waals surface area contributed by atoms with Gasteiger partial charge in [0.1, 0.15) is 0 Å². The van der Waals surface area contributed by atoms with Crippen LogP contribution < -0.4 is 0 Å². The minimum atomic E-state index is 0.144. The topological polar surface area (TPSA) is 0 Å². The van der Waals surface area contributed by atoms with Crippen LogP contribution in [0.1, 0.15) is 46.6 Å². The Kier molecular flexibility index (Phi) is 3.37. The Hall–Kier alpha value is -1.34. The summed E-state index contributed by atoms with van der Waals surface area (Å²) in [7, 11) is 0. The molecule has 21 heavy (non-hydrogen) atoms. The average Bonchev–Trinajstić information content (AvgIpc) is 2.85. The van der Waals surface area contributed by atoms with Crippen molar-refractivity contribution in [1.82, 2.24) is 0 Å². The molecule has 0 saturated carbocycles. The number of hydrogen-bond donors (Lipinski definition) is 0. The molecular weight excluding hydrogens is 272 g/mol. The predicted octanol–water partition coefficient (Wildman–Crippen LogP) is 6.77.